The first kappa shape index (κ1) is 12.7. The lowest BCUT2D eigenvalue weighted by Gasteiger charge is -2.08. The zero-order valence-corrected chi connectivity index (χ0v) is 10.1. The average molecular weight is 267 g/mol. The topological polar surface area (TPSA) is 32.3 Å². The summed E-state index contributed by atoms with van der Waals surface area (Å²) in [5.41, 5.74) is 2.80. The Balaban J connectivity index is 2.75. The van der Waals surface area contributed by atoms with E-state index in [1.54, 1.807) is 18.2 Å². The van der Waals surface area contributed by atoms with Gasteiger partial charge < -0.3 is 10.4 Å². The highest BCUT2D eigenvalue weighted by atomic mass is 35.5. The van der Waals surface area contributed by atoms with Gasteiger partial charge >= 0.3 is 0 Å². The summed E-state index contributed by atoms with van der Waals surface area (Å²) < 4.78 is 0. The average Bonchev–Trinajstić information content (AvgIpc) is 2.27. The molecule has 0 unspecified atom stereocenters. The third kappa shape index (κ3) is 3.92. The van der Waals surface area contributed by atoms with E-state index in [-0.39, 0.29) is 6.61 Å². The van der Waals surface area contributed by atoms with Crippen LogP contribution in [0.3, 0.4) is 0 Å². The van der Waals surface area contributed by atoms with Gasteiger partial charge in [-0.2, -0.15) is 0 Å². The van der Waals surface area contributed by atoms with Crippen molar-refractivity contribution in [3.8, 4) is 0 Å². The van der Waals surface area contributed by atoms with Gasteiger partial charge in [-0.15, -0.1) is 0 Å². The van der Waals surface area contributed by atoms with Gasteiger partial charge in [0, 0.05) is 10.6 Å². The van der Waals surface area contributed by atoms with Crippen LogP contribution in [-0.2, 0) is 6.61 Å². The minimum atomic E-state index is -0.0229. The van der Waals surface area contributed by atoms with Crippen LogP contribution in [-0.4, -0.2) is 11.7 Å². The summed E-state index contributed by atoms with van der Waals surface area (Å²) in [6.07, 6.45) is 0. The number of benzene rings is 1. The number of halogens is 3. The predicted octanol–water partition coefficient (Wildman–Crippen LogP) is 3.56. The number of aliphatic hydroxyl groups excluding tert-OH is 1. The summed E-state index contributed by atoms with van der Waals surface area (Å²) in [6, 6.07) is 5.24. The van der Waals surface area contributed by atoms with Crippen LogP contribution in [0.25, 0.3) is 0 Å². The van der Waals surface area contributed by atoms with Crippen molar-refractivity contribution in [3.05, 3.63) is 39.4 Å². The fourth-order valence-corrected chi connectivity index (χ4v) is 1.35. The molecule has 0 aromatic heterocycles. The first-order valence-corrected chi connectivity index (χ1v) is 5.44. The fourth-order valence-electron chi connectivity index (χ4n) is 1.02. The van der Waals surface area contributed by atoms with Crippen molar-refractivity contribution in [2.75, 3.05) is 11.9 Å². The molecule has 0 saturated carbocycles. The van der Waals surface area contributed by atoms with E-state index in [9.17, 15) is 0 Å². The van der Waals surface area contributed by atoms with Crippen LogP contribution in [0.15, 0.2) is 28.8 Å². The number of hydrogen-bond acceptors (Lipinski definition) is 2. The summed E-state index contributed by atoms with van der Waals surface area (Å²) in [5, 5.41) is 13.0. The fraction of sp³-hybridized carbons (Fsp3) is 0.200. The maximum absolute atomic E-state index is 8.95. The molecule has 82 valence electrons. The van der Waals surface area contributed by atoms with E-state index in [1.807, 2.05) is 0 Å². The Morgan fingerprint density at radius 3 is 2.80 bits per heavy atom. The normalized spacial score (nSPS) is 11.6. The third-order valence-corrected chi connectivity index (χ3v) is 2.73. The van der Waals surface area contributed by atoms with E-state index >= 15 is 0 Å². The van der Waals surface area contributed by atoms with Crippen LogP contribution in [0.5, 0.6) is 0 Å². The lowest BCUT2D eigenvalue weighted by molar-refractivity contribution is 0.282. The molecule has 1 aromatic carbocycles. The second-order valence-electron chi connectivity index (χ2n) is 2.88. The number of hydrogen-bond donors (Lipinski definition) is 2. The molecule has 0 radical (unpaired) electrons. The van der Waals surface area contributed by atoms with Crippen LogP contribution in [0, 0.1) is 0 Å². The molecule has 0 fully saturated rings. The summed E-state index contributed by atoms with van der Waals surface area (Å²) >= 11 is 17.1. The van der Waals surface area contributed by atoms with Gasteiger partial charge in [-0.3, -0.25) is 0 Å². The number of nitrogens with one attached hydrogen (secondary N) is 1. The van der Waals surface area contributed by atoms with Crippen molar-refractivity contribution in [2.45, 2.75) is 6.61 Å². The molecule has 0 saturated heterocycles. The molecule has 5 heteroatoms. The Bertz CT molecular complexity index is 366. The van der Waals surface area contributed by atoms with Crippen LogP contribution in [0.1, 0.15) is 5.56 Å². The van der Waals surface area contributed by atoms with Crippen LogP contribution < -0.4 is 5.32 Å². The van der Waals surface area contributed by atoms with Gasteiger partial charge in [0.15, 0.2) is 0 Å². The smallest absolute Gasteiger partial charge is 0.0682 e. The Hall–Kier alpha value is -0.410. The van der Waals surface area contributed by atoms with E-state index in [0.717, 1.165) is 11.3 Å². The van der Waals surface area contributed by atoms with Crippen molar-refractivity contribution < 1.29 is 5.11 Å². The summed E-state index contributed by atoms with van der Waals surface area (Å²) in [7, 11) is 0. The molecule has 0 bridgehead atoms. The second kappa shape index (κ2) is 6.23. The van der Waals surface area contributed by atoms with E-state index in [4.69, 9.17) is 39.9 Å². The molecule has 0 spiro atoms. The minimum Gasteiger partial charge on any atom is -0.392 e. The first-order valence-electron chi connectivity index (χ1n) is 4.25. The van der Waals surface area contributed by atoms with Crippen molar-refractivity contribution in [2.24, 2.45) is 0 Å². The van der Waals surface area contributed by atoms with Gasteiger partial charge in [0.1, 0.15) is 0 Å². The maximum atomic E-state index is 8.95. The summed E-state index contributed by atoms with van der Waals surface area (Å²) in [5.74, 6) is 0. The van der Waals surface area contributed by atoms with Crippen LogP contribution in [0.2, 0.25) is 5.02 Å². The Labute approximate surface area is 103 Å². The number of aliphatic hydroxyl groups is 1. The first-order chi connectivity index (χ1) is 7.17. The molecule has 1 rings (SSSR count). The minimum absolute atomic E-state index is 0.0229. The molecule has 1 aromatic rings. The van der Waals surface area contributed by atoms with Gasteiger partial charge in [-0.1, -0.05) is 40.9 Å². The molecular weight excluding hydrogens is 256 g/mol. The molecule has 0 aliphatic rings. The lowest BCUT2D eigenvalue weighted by atomic mass is 10.2. The third-order valence-electron chi connectivity index (χ3n) is 1.78. The van der Waals surface area contributed by atoms with Crippen molar-refractivity contribution in [3.63, 3.8) is 0 Å². The molecule has 15 heavy (non-hydrogen) atoms. The van der Waals surface area contributed by atoms with Crippen molar-refractivity contribution in [1.82, 2.24) is 0 Å². The highest BCUT2D eigenvalue weighted by molar-refractivity contribution is 6.37. The Kier molecular flexibility index (Phi) is 5.26. The quantitative estimate of drug-likeness (QED) is 0.873. The highest BCUT2D eigenvalue weighted by Gasteiger charge is 2.01. The monoisotopic (exact) mass is 265 g/mol. The molecule has 0 amide bonds. The zero-order chi connectivity index (χ0) is 11.3. The Morgan fingerprint density at radius 1 is 1.47 bits per heavy atom. The van der Waals surface area contributed by atoms with Crippen molar-refractivity contribution >= 4 is 40.5 Å². The van der Waals surface area contributed by atoms with Gasteiger partial charge in [-0.25, -0.2) is 0 Å². The van der Waals surface area contributed by atoms with Gasteiger partial charge in [0.25, 0.3) is 0 Å². The Morgan fingerprint density at radius 2 is 2.20 bits per heavy atom. The molecule has 2 N–H and O–H groups in total. The molecule has 0 atom stereocenters. The van der Waals surface area contributed by atoms with E-state index in [0.29, 0.717) is 16.6 Å². The standard InChI is InChI=1S/C10H10Cl3NO/c11-4-8(12)5-14-10-3-7(6-15)1-2-9(10)13/h1-4,14-15H,5-6H2/b8-4-. The van der Waals surface area contributed by atoms with Crippen LogP contribution >= 0.6 is 34.8 Å². The zero-order valence-electron chi connectivity index (χ0n) is 7.80. The maximum Gasteiger partial charge on any atom is 0.0682 e. The predicted molar refractivity (Wildman–Crippen MR) is 65.7 cm³/mol. The largest absolute Gasteiger partial charge is 0.392 e. The van der Waals surface area contributed by atoms with E-state index in [1.165, 1.54) is 5.54 Å². The number of rotatable bonds is 4. The lowest BCUT2D eigenvalue weighted by Crippen LogP contribution is -2.02. The van der Waals surface area contributed by atoms with Gasteiger partial charge in [0.05, 0.1) is 23.9 Å². The SMILES string of the molecule is OCc1ccc(Cl)c(NC/C(Cl)=C/Cl)c1. The van der Waals surface area contributed by atoms with Crippen molar-refractivity contribution in [1.29, 1.82) is 0 Å². The van der Waals surface area contributed by atoms with Gasteiger partial charge in [0.2, 0.25) is 0 Å². The molecule has 0 aliphatic carbocycles. The van der Waals surface area contributed by atoms with E-state index < -0.39 is 0 Å². The summed E-state index contributed by atoms with van der Waals surface area (Å²) in [6.45, 7) is 0.380. The van der Waals surface area contributed by atoms with E-state index in [2.05, 4.69) is 5.32 Å². The molecular formula is C10H10Cl3NO. The second-order valence-corrected chi connectivity index (χ2v) is 3.99. The molecule has 0 aliphatic heterocycles. The summed E-state index contributed by atoms with van der Waals surface area (Å²) in [4.78, 5) is 0. The van der Waals surface area contributed by atoms with Gasteiger partial charge in [-0.05, 0) is 17.7 Å². The molecule has 0 heterocycles. The number of anilines is 1. The van der Waals surface area contributed by atoms with Crippen LogP contribution in [0.4, 0.5) is 5.69 Å². The highest BCUT2D eigenvalue weighted by Crippen LogP contribution is 2.23. The molecule has 2 nitrogen and oxygen atoms in total.